The van der Waals surface area contributed by atoms with Crippen molar-refractivity contribution in [1.29, 1.82) is 0 Å². The van der Waals surface area contributed by atoms with E-state index in [1.165, 1.54) is 18.5 Å². The van der Waals surface area contributed by atoms with Crippen LogP contribution in [0.25, 0.3) is 0 Å². The largest absolute Gasteiger partial charge is 0.416 e. The van der Waals surface area contributed by atoms with E-state index in [0.29, 0.717) is 12.1 Å². The van der Waals surface area contributed by atoms with E-state index in [4.69, 9.17) is 0 Å². The van der Waals surface area contributed by atoms with Crippen molar-refractivity contribution >= 4 is 11.6 Å². The average Bonchev–Trinajstić information content (AvgIpc) is 2.46. The van der Waals surface area contributed by atoms with Crippen LogP contribution in [0.2, 0.25) is 0 Å². The van der Waals surface area contributed by atoms with Gasteiger partial charge >= 0.3 is 6.18 Å². The highest BCUT2D eigenvalue weighted by molar-refractivity contribution is 5.90. The van der Waals surface area contributed by atoms with E-state index in [-0.39, 0.29) is 12.3 Å². The van der Waals surface area contributed by atoms with Gasteiger partial charge in [0.2, 0.25) is 5.91 Å². The van der Waals surface area contributed by atoms with Gasteiger partial charge in [0.25, 0.3) is 0 Å². The lowest BCUT2D eigenvalue weighted by Crippen LogP contribution is -2.13. The summed E-state index contributed by atoms with van der Waals surface area (Å²) in [6.07, 6.45) is 0.903. The number of carbonyl (C=O) groups excluding carboxylic acids is 1. The van der Waals surface area contributed by atoms with Crippen molar-refractivity contribution < 1.29 is 18.0 Å². The molecule has 0 spiro atoms. The van der Waals surface area contributed by atoms with Crippen LogP contribution in [-0.2, 0) is 17.4 Å². The third-order valence-electron chi connectivity index (χ3n) is 2.75. The zero-order valence-corrected chi connectivity index (χ0v) is 10.9. The van der Waals surface area contributed by atoms with Gasteiger partial charge in [0, 0.05) is 24.5 Å². The minimum Gasteiger partial charge on any atom is -0.326 e. The van der Waals surface area contributed by atoms with Crippen molar-refractivity contribution in [1.82, 2.24) is 9.97 Å². The fourth-order valence-corrected chi connectivity index (χ4v) is 1.68. The molecule has 21 heavy (non-hydrogen) atoms. The molecule has 1 aromatic heterocycles. The summed E-state index contributed by atoms with van der Waals surface area (Å²) in [5, 5.41) is 2.54. The lowest BCUT2D eigenvalue weighted by atomic mass is 10.1. The number of hydrogen-bond donors (Lipinski definition) is 1. The molecule has 4 nitrogen and oxygen atoms in total. The minimum atomic E-state index is -4.38. The predicted octanol–water partition coefficient (Wildman–Crippen LogP) is 3.07. The van der Waals surface area contributed by atoms with Crippen molar-refractivity contribution in [2.24, 2.45) is 0 Å². The molecule has 0 aliphatic carbocycles. The number of carbonyl (C=O) groups is 1. The third kappa shape index (κ3) is 4.55. The van der Waals surface area contributed by atoms with Crippen LogP contribution in [0.3, 0.4) is 0 Å². The van der Waals surface area contributed by atoms with Crippen molar-refractivity contribution in [2.45, 2.75) is 19.0 Å². The highest BCUT2D eigenvalue weighted by Crippen LogP contribution is 2.29. The second-order valence-electron chi connectivity index (χ2n) is 4.37. The third-order valence-corrected chi connectivity index (χ3v) is 2.75. The SMILES string of the molecule is O=C(CCc1cncnc1)Nc1ccc(C(F)(F)F)cc1. The Morgan fingerprint density at radius 1 is 1.10 bits per heavy atom. The Morgan fingerprint density at radius 3 is 2.29 bits per heavy atom. The summed E-state index contributed by atoms with van der Waals surface area (Å²) in [5.41, 5.74) is 0.402. The van der Waals surface area contributed by atoms with Crippen LogP contribution < -0.4 is 5.32 Å². The first-order chi connectivity index (χ1) is 9.95. The van der Waals surface area contributed by atoms with Gasteiger partial charge in [-0.25, -0.2) is 9.97 Å². The normalized spacial score (nSPS) is 11.2. The van der Waals surface area contributed by atoms with Crippen molar-refractivity contribution in [3.8, 4) is 0 Å². The molecule has 1 amide bonds. The zero-order chi connectivity index (χ0) is 15.3. The molecule has 0 saturated carbocycles. The van der Waals surface area contributed by atoms with E-state index < -0.39 is 11.7 Å². The summed E-state index contributed by atoms with van der Waals surface area (Å²) in [6, 6.07) is 4.32. The highest BCUT2D eigenvalue weighted by Gasteiger charge is 2.29. The number of anilines is 1. The summed E-state index contributed by atoms with van der Waals surface area (Å²) in [4.78, 5) is 19.4. The fraction of sp³-hybridized carbons (Fsp3) is 0.214. The Balaban J connectivity index is 1.88. The van der Waals surface area contributed by atoms with Crippen molar-refractivity contribution in [3.63, 3.8) is 0 Å². The van der Waals surface area contributed by atoms with Gasteiger partial charge in [-0.1, -0.05) is 0 Å². The maximum atomic E-state index is 12.4. The molecule has 1 N–H and O–H groups in total. The van der Waals surface area contributed by atoms with Crippen LogP contribution in [0.4, 0.5) is 18.9 Å². The summed E-state index contributed by atoms with van der Waals surface area (Å²) >= 11 is 0. The van der Waals surface area contributed by atoms with E-state index in [1.807, 2.05) is 0 Å². The first kappa shape index (κ1) is 15.0. The number of hydrogen-bond acceptors (Lipinski definition) is 3. The van der Waals surface area contributed by atoms with Gasteiger partial charge in [0.15, 0.2) is 0 Å². The topological polar surface area (TPSA) is 54.9 Å². The Kier molecular flexibility index (Phi) is 4.52. The Hall–Kier alpha value is -2.44. The second-order valence-corrected chi connectivity index (χ2v) is 4.37. The summed E-state index contributed by atoms with van der Waals surface area (Å²) in [7, 11) is 0. The number of amides is 1. The Morgan fingerprint density at radius 2 is 1.71 bits per heavy atom. The number of rotatable bonds is 4. The fourth-order valence-electron chi connectivity index (χ4n) is 1.68. The lowest BCUT2D eigenvalue weighted by Gasteiger charge is -2.08. The van der Waals surface area contributed by atoms with Gasteiger partial charge in [-0.2, -0.15) is 13.2 Å². The molecule has 1 aromatic carbocycles. The number of halogens is 3. The molecule has 0 atom stereocenters. The number of aromatic nitrogens is 2. The van der Waals surface area contributed by atoms with Crippen LogP contribution in [0.15, 0.2) is 43.0 Å². The van der Waals surface area contributed by atoms with Gasteiger partial charge in [-0.15, -0.1) is 0 Å². The van der Waals surface area contributed by atoms with Crippen molar-refractivity contribution in [2.75, 3.05) is 5.32 Å². The number of nitrogens with one attached hydrogen (secondary N) is 1. The van der Waals surface area contributed by atoms with Crippen LogP contribution >= 0.6 is 0 Å². The quantitative estimate of drug-likeness (QED) is 0.943. The van der Waals surface area contributed by atoms with Crippen LogP contribution in [0.1, 0.15) is 17.5 Å². The molecule has 7 heteroatoms. The molecule has 0 aliphatic rings. The molecule has 0 radical (unpaired) electrons. The molecule has 1 heterocycles. The maximum Gasteiger partial charge on any atom is 0.416 e. The average molecular weight is 295 g/mol. The van der Waals surface area contributed by atoms with Crippen LogP contribution in [0.5, 0.6) is 0 Å². The van der Waals surface area contributed by atoms with E-state index in [2.05, 4.69) is 15.3 Å². The highest BCUT2D eigenvalue weighted by atomic mass is 19.4. The number of aryl methyl sites for hydroxylation is 1. The molecule has 0 fully saturated rings. The number of nitrogens with zero attached hydrogens (tertiary/aromatic N) is 2. The molecule has 2 rings (SSSR count). The first-order valence-corrected chi connectivity index (χ1v) is 6.16. The van der Waals surface area contributed by atoms with Crippen LogP contribution in [-0.4, -0.2) is 15.9 Å². The minimum absolute atomic E-state index is 0.203. The van der Waals surface area contributed by atoms with Gasteiger partial charge in [-0.05, 0) is 36.2 Å². The van der Waals surface area contributed by atoms with Crippen LogP contribution in [0, 0.1) is 0 Å². The smallest absolute Gasteiger partial charge is 0.326 e. The first-order valence-electron chi connectivity index (χ1n) is 6.16. The van der Waals surface area contributed by atoms with Gasteiger partial charge < -0.3 is 5.32 Å². The zero-order valence-electron chi connectivity index (χ0n) is 10.9. The molecule has 0 aliphatic heterocycles. The number of alkyl halides is 3. The van der Waals surface area contributed by atoms with E-state index in [1.54, 1.807) is 12.4 Å². The van der Waals surface area contributed by atoms with E-state index >= 15 is 0 Å². The van der Waals surface area contributed by atoms with Gasteiger partial charge in [0.05, 0.1) is 5.56 Å². The van der Waals surface area contributed by atoms with E-state index in [9.17, 15) is 18.0 Å². The van der Waals surface area contributed by atoms with Gasteiger partial charge in [-0.3, -0.25) is 4.79 Å². The van der Waals surface area contributed by atoms with Crippen molar-refractivity contribution in [3.05, 3.63) is 54.1 Å². The summed E-state index contributed by atoms with van der Waals surface area (Å²) < 4.78 is 37.2. The lowest BCUT2D eigenvalue weighted by molar-refractivity contribution is -0.137. The molecule has 0 bridgehead atoms. The predicted molar refractivity (Wildman–Crippen MR) is 70.4 cm³/mol. The molecular weight excluding hydrogens is 283 g/mol. The monoisotopic (exact) mass is 295 g/mol. The summed E-state index contributed by atoms with van der Waals surface area (Å²) in [6.45, 7) is 0. The second kappa shape index (κ2) is 6.34. The molecule has 0 unspecified atom stereocenters. The van der Waals surface area contributed by atoms with Gasteiger partial charge in [0.1, 0.15) is 6.33 Å². The molecule has 0 saturated heterocycles. The van der Waals surface area contributed by atoms with E-state index in [0.717, 1.165) is 17.7 Å². The Bertz CT molecular complexity index is 597. The standard InChI is InChI=1S/C14H12F3N3O/c15-14(16,17)11-2-4-12(5-3-11)20-13(21)6-1-10-7-18-9-19-8-10/h2-5,7-9H,1,6H2,(H,20,21). The number of benzene rings is 1. The molecule has 2 aromatic rings. The maximum absolute atomic E-state index is 12.4. The molecular formula is C14H12F3N3O. The molecule has 110 valence electrons. The Labute approximate surface area is 119 Å². The summed E-state index contributed by atoms with van der Waals surface area (Å²) in [5.74, 6) is -0.279.